The lowest BCUT2D eigenvalue weighted by molar-refractivity contribution is -0.132. The molecule has 39 heavy (non-hydrogen) atoms. The fourth-order valence-corrected chi connectivity index (χ4v) is 5.02. The number of ketones is 1. The Hall–Kier alpha value is -4.20. The molecular weight excluding hydrogens is 502 g/mol. The first kappa shape index (κ1) is 27.8. The van der Waals surface area contributed by atoms with Crippen LogP contribution in [0.15, 0.2) is 66.2 Å². The number of aliphatic hydroxyl groups is 1. The van der Waals surface area contributed by atoms with Crippen LogP contribution in [0.25, 0.3) is 5.76 Å². The largest absolute Gasteiger partial charge is 0.507 e. The molecule has 0 radical (unpaired) electrons. The number of hydrogen-bond donors (Lipinski definition) is 1. The Morgan fingerprint density at radius 2 is 1.67 bits per heavy atom. The van der Waals surface area contributed by atoms with Gasteiger partial charge in [-0.15, -0.1) is 0 Å². The average Bonchev–Trinajstić information content (AvgIpc) is 3.19. The molecule has 3 aromatic rings. The minimum absolute atomic E-state index is 0.0480. The Kier molecular flexibility index (Phi) is 8.04. The fraction of sp³-hybridized carbons (Fsp3) is 0.290. The van der Waals surface area contributed by atoms with Crippen LogP contribution in [0.4, 0.5) is 20.2 Å². The summed E-state index contributed by atoms with van der Waals surface area (Å²) in [6.45, 7) is 9.56. The number of aliphatic hydroxyl groups excluding tert-OH is 1. The van der Waals surface area contributed by atoms with E-state index in [4.69, 9.17) is 4.74 Å². The minimum atomic E-state index is -1.14. The second kappa shape index (κ2) is 11.3. The van der Waals surface area contributed by atoms with Crippen LogP contribution in [0.1, 0.15) is 56.3 Å². The number of methoxy groups -OCH3 is 1. The zero-order chi connectivity index (χ0) is 28.4. The first-order valence-electron chi connectivity index (χ1n) is 12.9. The number of halogens is 2. The molecule has 4 rings (SSSR count). The van der Waals surface area contributed by atoms with Crippen LogP contribution in [-0.2, 0) is 9.59 Å². The molecule has 1 aliphatic rings. The number of rotatable bonds is 8. The summed E-state index contributed by atoms with van der Waals surface area (Å²) in [5, 5.41) is 11.5. The lowest BCUT2D eigenvalue weighted by Crippen LogP contribution is -2.30. The molecule has 0 aromatic heterocycles. The van der Waals surface area contributed by atoms with Crippen molar-refractivity contribution in [2.24, 2.45) is 0 Å². The second-order valence-electron chi connectivity index (χ2n) is 9.64. The number of carbonyl (C=O) groups is 2. The van der Waals surface area contributed by atoms with Gasteiger partial charge in [0.25, 0.3) is 11.7 Å². The average molecular weight is 535 g/mol. The van der Waals surface area contributed by atoms with Gasteiger partial charge in [0.05, 0.1) is 24.4 Å². The SMILES string of the molecule is CCN(CC)c1ccc(C2/C(=C(/O)c3ccc(OC)c(C(C)C)c3)C(=O)C(=O)N2c2ccc(F)cc2F)cc1. The van der Waals surface area contributed by atoms with Crippen molar-refractivity contribution in [1.29, 1.82) is 0 Å². The summed E-state index contributed by atoms with van der Waals surface area (Å²) in [6.07, 6.45) is 0. The first-order chi connectivity index (χ1) is 18.6. The van der Waals surface area contributed by atoms with Crippen LogP contribution in [0.2, 0.25) is 0 Å². The van der Waals surface area contributed by atoms with Crippen LogP contribution in [0, 0.1) is 11.6 Å². The van der Waals surface area contributed by atoms with E-state index >= 15 is 0 Å². The lowest BCUT2D eigenvalue weighted by Gasteiger charge is -2.27. The highest BCUT2D eigenvalue weighted by atomic mass is 19.1. The fourth-order valence-electron chi connectivity index (χ4n) is 5.02. The summed E-state index contributed by atoms with van der Waals surface area (Å²) in [5.41, 5.74) is 2.12. The Morgan fingerprint density at radius 3 is 2.23 bits per heavy atom. The topological polar surface area (TPSA) is 70.1 Å². The summed E-state index contributed by atoms with van der Waals surface area (Å²) < 4.78 is 34.2. The van der Waals surface area contributed by atoms with Gasteiger partial charge in [-0.05, 0) is 73.4 Å². The molecule has 1 saturated heterocycles. The van der Waals surface area contributed by atoms with E-state index in [0.717, 1.165) is 41.4 Å². The van der Waals surface area contributed by atoms with Crippen LogP contribution < -0.4 is 14.5 Å². The highest BCUT2D eigenvalue weighted by Gasteiger charge is 2.47. The predicted molar refractivity (Wildman–Crippen MR) is 148 cm³/mol. The molecule has 1 aliphatic heterocycles. The Labute approximate surface area is 227 Å². The molecule has 0 aliphatic carbocycles. The molecular formula is C31H32F2N2O4. The summed E-state index contributed by atoms with van der Waals surface area (Å²) in [6, 6.07) is 13.9. The summed E-state index contributed by atoms with van der Waals surface area (Å²) in [7, 11) is 1.55. The van der Waals surface area contributed by atoms with Gasteiger partial charge in [0, 0.05) is 30.4 Å². The van der Waals surface area contributed by atoms with Crippen molar-refractivity contribution in [3.05, 3.63) is 94.6 Å². The van der Waals surface area contributed by atoms with E-state index < -0.39 is 29.4 Å². The quantitative estimate of drug-likeness (QED) is 0.201. The smallest absolute Gasteiger partial charge is 0.300 e. The van der Waals surface area contributed by atoms with Gasteiger partial charge in [0.15, 0.2) is 0 Å². The van der Waals surface area contributed by atoms with Gasteiger partial charge in [-0.25, -0.2) is 8.78 Å². The number of Topliss-reactive ketones (excluding diaryl/α,β-unsaturated/α-hetero) is 1. The summed E-state index contributed by atoms with van der Waals surface area (Å²) in [5.74, 6) is -3.50. The molecule has 204 valence electrons. The van der Waals surface area contributed by atoms with Crippen molar-refractivity contribution < 1.29 is 28.2 Å². The third-order valence-electron chi connectivity index (χ3n) is 7.08. The van der Waals surface area contributed by atoms with E-state index in [1.54, 1.807) is 37.4 Å². The molecule has 1 heterocycles. The number of ether oxygens (including phenoxy) is 1. The highest BCUT2D eigenvalue weighted by molar-refractivity contribution is 6.51. The van der Waals surface area contributed by atoms with Gasteiger partial charge in [0.1, 0.15) is 23.1 Å². The molecule has 0 saturated carbocycles. The molecule has 1 atom stereocenters. The van der Waals surface area contributed by atoms with Crippen LogP contribution in [0.5, 0.6) is 5.75 Å². The van der Waals surface area contributed by atoms with Gasteiger partial charge < -0.3 is 14.7 Å². The highest BCUT2D eigenvalue weighted by Crippen LogP contribution is 2.44. The predicted octanol–water partition coefficient (Wildman–Crippen LogP) is 6.57. The number of anilines is 2. The maximum absolute atomic E-state index is 15.0. The van der Waals surface area contributed by atoms with Crippen molar-refractivity contribution in [2.75, 3.05) is 30.0 Å². The van der Waals surface area contributed by atoms with Gasteiger partial charge in [-0.1, -0.05) is 26.0 Å². The molecule has 1 unspecified atom stereocenters. The zero-order valence-electron chi connectivity index (χ0n) is 22.7. The lowest BCUT2D eigenvalue weighted by atomic mass is 9.93. The number of hydrogen-bond acceptors (Lipinski definition) is 5. The zero-order valence-corrected chi connectivity index (χ0v) is 22.7. The van der Waals surface area contributed by atoms with E-state index in [1.165, 1.54) is 0 Å². The van der Waals surface area contributed by atoms with E-state index in [9.17, 15) is 23.5 Å². The molecule has 0 bridgehead atoms. The Balaban J connectivity index is 1.94. The molecule has 8 heteroatoms. The maximum atomic E-state index is 15.0. The van der Waals surface area contributed by atoms with Crippen molar-refractivity contribution in [3.63, 3.8) is 0 Å². The standard InChI is InChI=1S/C31H32F2N2O4/c1-6-34(7-2)22-12-8-19(9-13-22)28-27(29(36)20-10-15-26(39-5)23(16-20)18(3)4)30(37)31(38)35(28)25-14-11-21(32)17-24(25)33/h8-18,28,36H,6-7H2,1-5H3/b29-27-. The Bertz CT molecular complexity index is 1430. The number of amides is 1. The van der Waals surface area contributed by atoms with E-state index in [-0.39, 0.29) is 22.9 Å². The van der Waals surface area contributed by atoms with Crippen molar-refractivity contribution in [1.82, 2.24) is 0 Å². The van der Waals surface area contributed by atoms with Gasteiger partial charge in [0.2, 0.25) is 0 Å². The molecule has 1 amide bonds. The van der Waals surface area contributed by atoms with Crippen LogP contribution >= 0.6 is 0 Å². The van der Waals surface area contributed by atoms with Crippen molar-refractivity contribution in [3.8, 4) is 5.75 Å². The number of benzene rings is 3. The van der Waals surface area contributed by atoms with Gasteiger partial charge >= 0.3 is 0 Å². The number of nitrogens with zero attached hydrogens (tertiary/aromatic N) is 2. The van der Waals surface area contributed by atoms with Crippen LogP contribution in [0.3, 0.4) is 0 Å². The van der Waals surface area contributed by atoms with Crippen molar-refractivity contribution in [2.45, 2.75) is 39.7 Å². The molecule has 0 spiro atoms. The number of carbonyl (C=O) groups excluding carboxylic acids is 2. The van der Waals surface area contributed by atoms with E-state index in [0.29, 0.717) is 22.9 Å². The molecule has 1 N–H and O–H groups in total. The Morgan fingerprint density at radius 1 is 1.00 bits per heavy atom. The van der Waals surface area contributed by atoms with E-state index in [1.807, 2.05) is 39.8 Å². The normalized spacial score (nSPS) is 16.7. The monoisotopic (exact) mass is 534 g/mol. The minimum Gasteiger partial charge on any atom is -0.507 e. The third-order valence-corrected chi connectivity index (χ3v) is 7.08. The van der Waals surface area contributed by atoms with Gasteiger partial charge in [-0.3, -0.25) is 14.5 Å². The van der Waals surface area contributed by atoms with Crippen molar-refractivity contribution >= 4 is 28.8 Å². The molecule has 6 nitrogen and oxygen atoms in total. The van der Waals surface area contributed by atoms with Crippen LogP contribution in [-0.4, -0.2) is 37.0 Å². The molecule has 1 fully saturated rings. The summed E-state index contributed by atoms with van der Waals surface area (Å²) >= 11 is 0. The summed E-state index contributed by atoms with van der Waals surface area (Å²) in [4.78, 5) is 29.9. The molecule has 3 aromatic carbocycles. The third kappa shape index (κ3) is 5.11. The van der Waals surface area contributed by atoms with Gasteiger partial charge in [-0.2, -0.15) is 0 Å². The van der Waals surface area contributed by atoms with E-state index in [2.05, 4.69) is 4.90 Å². The first-order valence-corrected chi connectivity index (χ1v) is 12.9. The second-order valence-corrected chi connectivity index (χ2v) is 9.64. The maximum Gasteiger partial charge on any atom is 0.300 e.